The molecule has 0 radical (unpaired) electrons. The molecule has 0 saturated carbocycles. The fourth-order valence-corrected chi connectivity index (χ4v) is 8.23. The number of nitrogens with zero attached hydrogens (tertiary/aromatic N) is 2. The minimum atomic E-state index is 0.871. The number of rotatable bonds is 4. The number of anilines is 3. The van der Waals surface area contributed by atoms with Crippen LogP contribution in [0.25, 0.3) is 81.9 Å². The Kier molecular flexibility index (Phi) is 5.38. The normalized spacial score (nSPS) is 12.1. The third-order valence-corrected chi connectivity index (χ3v) is 10.3. The van der Waals surface area contributed by atoms with Crippen LogP contribution in [0, 0.1) is 0 Å². The van der Waals surface area contributed by atoms with E-state index in [0.29, 0.717) is 0 Å². The summed E-state index contributed by atoms with van der Waals surface area (Å²) in [5.74, 6) is 0. The van der Waals surface area contributed by atoms with E-state index in [0.717, 1.165) is 39.0 Å². The van der Waals surface area contributed by atoms with E-state index >= 15 is 0 Å². The number of fused-ring (bicyclic) bond motifs is 10. The molecule has 3 nitrogen and oxygen atoms in total. The lowest BCUT2D eigenvalue weighted by Gasteiger charge is -2.29. The van der Waals surface area contributed by atoms with Crippen molar-refractivity contribution < 1.29 is 4.42 Å². The number of para-hydroxylation sites is 4. The smallest absolute Gasteiger partial charge is 0.159 e. The van der Waals surface area contributed by atoms with Crippen molar-refractivity contribution in [3.63, 3.8) is 0 Å². The topological polar surface area (TPSA) is 20.8 Å². The number of hydrogen-bond donors (Lipinski definition) is 0. The van der Waals surface area contributed by atoms with Crippen molar-refractivity contribution >= 4 is 87.9 Å². The molecule has 0 spiro atoms. The van der Waals surface area contributed by atoms with Crippen LogP contribution in [0.1, 0.15) is 0 Å². The maximum Gasteiger partial charge on any atom is 0.159 e. The largest absolute Gasteiger partial charge is 0.454 e. The predicted octanol–water partition coefficient (Wildman–Crippen LogP) is 13.0. The molecular formula is C46H28N2O. The van der Waals surface area contributed by atoms with E-state index in [1.807, 2.05) is 6.07 Å². The Hall–Kier alpha value is -6.58. The quantitative estimate of drug-likeness (QED) is 0.194. The van der Waals surface area contributed by atoms with E-state index in [9.17, 15) is 0 Å². The zero-order valence-corrected chi connectivity index (χ0v) is 26.5. The van der Waals surface area contributed by atoms with Crippen molar-refractivity contribution in [2.24, 2.45) is 0 Å². The highest BCUT2D eigenvalue weighted by Gasteiger charge is 2.26. The van der Waals surface area contributed by atoms with E-state index in [-0.39, 0.29) is 0 Å². The van der Waals surface area contributed by atoms with Gasteiger partial charge in [-0.25, -0.2) is 0 Å². The van der Waals surface area contributed by atoms with Gasteiger partial charge in [0.2, 0.25) is 0 Å². The lowest BCUT2D eigenvalue weighted by Crippen LogP contribution is -2.12. The highest BCUT2D eigenvalue weighted by Crippen LogP contribution is 2.50. The van der Waals surface area contributed by atoms with E-state index in [2.05, 4.69) is 173 Å². The van der Waals surface area contributed by atoms with E-state index in [1.54, 1.807) is 0 Å². The van der Waals surface area contributed by atoms with Gasteiger partial charge < -0.3 is 13.7 Å². The fraction of sp³-hybridized carbons (Fsp3) is 0. The Morgan fingerprint density at radius 2 is 1.04 bits per heavy atom. The molecule has 3 aromatic heterocycles. The summed E-state index contributed by atoms with van der Waals surface area (Å²) in [7, 11) is 0. The van der Waals surface area contributed by atoms with Crippen molar-refractivity contribution in [1.29, 1.82) is 0 Å². The van der Waals surface area contributed by atoms with Crippen LogP contribution in [0.2, 0.25) is 0 Å². The monoisotopic (exact) mass is 624 g/mol. The van der Waals surface area contributed by atoms with Gasteiger partial charge in [0, 0.05) is 43.6 Å². The summed E-state index contributed by atoms with van der Waals surface area (Å²) < 4.78 is 9.20. The third-order valence-electron chi connectivity index (χ3n) is 10.3. The molecule has 3 heteroatoms. The zero-order chi connectivity index (χ0) is 32.1. The second kappa shape index (κ2) is 9.96. The Morgan fingerprint density at radius 1 is 0.429 bits per heavy atom. The first-order valence-electron chi connectivity index (χ1n) is 16.8. The first-order valence-corrected chi connectivity index (χ1v) is 16.8. The number of hydrogen-bond acceptors (Lipinski definition) is 2. The predicted molar refractivity (Wildman–Crippen MR) is 206 cm³/mol. The van der Waals surface area contributed by atoms with Gasteiger partial charge >= 0.3 is 0 Å². The minimum absolute atomic E-state index is 0.871. The molecule has 0 amide bonds. The van der Waals surface area contributed by atoms with Gasteiger partial charge in [-0.05, 0) is 58.8 Å². The summed E-state index contributed by atoms with van der Waals surface area (Å²) in [5, 5.41) is 9.61. The molecule has 0 fully saturated rings. The van der Waals surface area contributed by atoms with Crippen molar-refractivity contribution in [1.82, 2.24) is 4.40 Å². The number of benzene rings is 8. The lowest BCUT2D eigenvalue weighted by molar-refractivity contribution is 0.669. The van der Waals surface area contributed by atoms with Crippen LogP contribution in [-0.4, -0.2) is 4.40 Å². The molecule has 0 N–H and O–H groups in total. The molecule has 3 heterocycles. The second-order valence-electron chi connectivity index (χ2n) is 12.9. The standard InChI is InChI=1S/C46H28N2O/c1-2-14-30(15-3-1)44-32-16-5-4-13-29(32)25-26-41(44)47(42-23-12-20-36-35-19-8-11-24-43(35)49-46(36)42)31-27-37-33-17-6-9-21-39(33)48-40-22-10-7-18-34(40)38(28-31)45(37)48/h1-28H. The number of aromatic nitrogens is 1. The van der Waals surface area contributed by atoms with Crippen LogP contribution < -0.4 is 4.90 Å². The summed E-state index contributed by atoms with van der Waals surface area (Å²) in [6, 6.07) is 61.2. The first kappa shape index (κ1) is 26.5. The Morgan fingerprint density at radius 3 is 1.80 bits per heavy atom. The fourth-order valence-electron chi connectivity index (χ4n) is 8.23. The summed E-state index contributed by atoms with van der Waals surface area (Å²) in [6.45, 7) is 0. The average molecular weight is 625 g/mol. The molecule has 11 rings (SSSR count). The van der Waals surface area contributed by atoms with Gasteiger partial charge in [-0.2, -0.15) is 0 Å². The van der Waals surface area contributed by atoms with E-state index in [1.165, 1.54) is 60.0 Å². The van der Waals surface area contributed by atoms with Crippen molar-refractivity contribution in [3.8, 4) is 11.1 Å². The molecule has 0 aliphatic carbocycles. The summed E-state index contributed by atoms with van der Waals surface area (Å²) in [6.07, 6.45) is 0. The van der Waals surface area contributed by atoms with Crippen molar-refractivity contribution in [3.05, 3.63) is 170 Å². The van der Waals surface area contributed by atoms with Crippen molar-refractivity contribution in [2.75, 3.05) is 4.90 Å². The zero-order valence-electron chi connectivity index (χ0n) is 26.5. The van der Waals surface area contributed by atoms with E-state index in [4.69, 9.17) is 4.42 Å². The van der Waals surface area contributed by atoms with Gasteiger partial charge in [0.05, 0.1) is 27.9 Å². The van der Waals surface area contributed by atoms with Crippen LogP contribution in [-0.2, 0) is 0 Å². The van der Waals surface area contributed by atoms with Crippen molar-refractivity contribution in [2.45, 2.75) is 0 Å². The highest BCUT2D eigenvalue weighted by molar-refractivity contribution is 6.25. The van der Waals surface area contributed by atoms with Gasteiger partial charge in [0.15, 0.2) is 5.58 Å². The summed E-state index contributed by atoms with van der Waals surface area (Å²) in [5.41, 5.74) is 11.0. The van der Waals surface area contributed by atoms with Gasteiger partial charge in [0.1, 0.15) is 5.58 Å². The molecule has 0 unspecified atom stereocenters. The van der Waals surface area contributed by atoms with Crippen LogP contribution >= 0.6 is 0 Å². The first-order chi connectivity index (χ1) is 24.3. The molecule has 11 aromatic rings. The summed E-state index contributed by atoms with van der Waals surface area (Å²) in [4.78, 5) is 2.43. The molecule has 0 aliphatic heterocycles. The Bertz CT molecular complexity index is 2980. The molecule has 228 valence electrons. The Balaban J connectivity index is 1.32. The van der Waals surface area contributed by atoms with Crippen LogP contribution in [0.5, 0.6) is 0 Å². The third kappa shape index (κ3) is 3.67. The van der Waals surface area contributed by atoms with Crippen LogP contribution in [0.3, 0.4) is 0 Å². The molecule has 0 aliphatic rings. The SMILES string of the molecule is c1ccc(-c2c(N(c3cc4c5ccccc5n5c6ccccc6c(c3)c45)c3cccc4c3oc3ccccc34)ccc3ccccc23)cc1. The maximum absolute atomic E-state index is 6.76. The number of furan rings is 1. The van der Waals surface area contributed by atoms with Crippen LogP contribution in [0.15, 0.2) is 174 Å². The highest BCUT2D eigenvalue weighted by atomic mass is 16.3. The van der Waals surface area contributed by atoms with Gasteiger partial charge in [-0.15, -0.1) is 0 Å². The molecule has 49 heavy (non-hydrogen) atoms. The molecule has 0 bridgehead atoms. The molecule has 0 atom stereocenters. The lowest BCUT2D eigenvalue weighted by atomic mass is 9.94. The molecule has 0 saturated heterocycles. The van der Waals surface area contributed by atoms with Crippen LogP contribution in [0.4, 0.5) is 17.1 Å². The summed E-state index contributed by atoms with van der Waals surface area (Å²) >= 11 is 0. The Labute approximate surface area is 281 Å². The molecule has 8 aromatic carbocycles. The average Bonchev–Trinajstić information content (AvgIpc) is 3.82. The van der Waals surface area contributed by atoms with E-state index < -0.39 is 0 Å². The molecular weight excluding hydrogens is 597 g/mol. The van der Waals surface area contributed by atoms with Gasteiger partial charge in [-0.3, -0.25) is 0 Å². The maximum atomic E-state index is 6.76. The van der Waals surface area contributed by atoms with Gasteiger partial charge in [0.25, 0.3) is 0 Å². The minimum Gasteiger partial charge on any atom is -0.454 e. The second-order valence-corrected chi connectivity index (χ2v) is 12.9. The van der Waals surface area contributed by atoms with Gasteiger partial charge in [-0.1, -0.05) is 127 Å².